The molecule has 0 saturated carbocycles. The van der Waals surface area contributed by atoms with Crippen LogP contribution in [0, 0.1) is 0 Å². The maximum Gasteiger partial charge on any atom is 0.347 e. The predicted molar refractivity (Wildman–Crippen MR) is 142 cm³/mol. The van der Waals surface area contributed by atoms with Gasteiger partial charge in [0.1, 0.15) is 28.2 Å². The van der Waals surface area contributed by atoms with Crippen molar-refractivity contribution >= 4 is 50.3 Å². The first-order chi connectivity index (χ1) is 18.0. The average molecular weight is 486 g/mol. The smallest absolute Gasteiger partial charge is 0.347 e. The van der Waals surface area contributed by atoms with E-state index in [1.807, 2.05) is 54.6 Å². The molecule has 1 aromatic heterocycles. The Morgan fingerprint density at radius 2 is 1.41 bits per heavy atom. The highest BCUT2D eigenvalue weighted by Crippen LogP contribution is 2.35. The summed E-state index contributed by atoms with van der Waals surface area (Å²) in [5.74, 6) is -1.08. The fraction of sp³-hybridized carbons (Fsp3) is 0. The van der Waals surface area contributed by atoms with Crippen LogP contribution in [0.1, 0.15) is 15.9 Å². The van der Waals surface area contributed by atoms with Crippen LogP contribution in [-0.4, -0.2) is 16.9 Å². The van der Waals surface area contributed by atoms with Crippen molar-refractivity contribution in [3.05, 3.63) is 124 Å². The quantitative estimate of drug-likeness (QED) is 0.0630. The molecule has 0 bridgehead atoms. The van der Waals surface area contributed by atoms with E-state index in [1.165, 1.54) is 30.4 Å². The Balaban J connectivity index is 1.29. The number of carbonyl (C=O) groups excluding carboxylic acids is 2. The highest BCUT2D eigenvalue weighted by atomic mass is 16.5. The molecule has 1 aliphatic heterocycles. The number of ketones is 1. The second-order valence-corrected chi connectivity index (χ2v) is 8.52. The van der Waals surface area contributed by atoms with Gasteiger partial charge in [-0.2, -0.15) is 0 Å². The highest BCUT2D eigenvalue weighted by molar-refractivity contribution is 6.29. The zero-order valence-electron chi connectivity index (χ0n) is 19.3. The lowest BCUT2D eigenvalue weighted by atomic mass is 9.96. The lowest BCUT2D eigenvalue weighted by molar-refractivity contribution is -0.130. The van der Waals surface area contributed by atoms with E-state index < -0.39 is 17.4 Å². The first kappa shape index (κ1) is 22.2. The van der Waals surface area contributed by atoms with Crippen molar-refractivity contribution < 1.29 is 23.8 Å². The fourth-order valence-corrected chi connectivity index (χ4v) is 4.50. The van der Waals surface area contributed by atoms with Crippen molar-refractivity contribution in [3.8, 4) is 11.5 Å². The molecule has 1 N–H and O–H groups in total. The number of fused-ring (bicyclic) bond motifs is 6. The van der Waals surface area contributed by atoms with Crippen LogP contribution in [0.25, 0.3) is 38.6 Å². The summed E-state index contributed by atoms with van der Waals surface area (Å²) in [7, 11) is 0. The van der Waals surface area contributed by atoms with Crippen molar-refractivity contribution in [1.82, 2.24) is 0 Å². The predicted octanol–water partition coefficient (Wildman–Crippen LogP) is 6.10. The number of Topliss-reactive ketones (excluding diaryl/α,β-unsaturated/α-hetero) is 1. The molecule has 6 heteroatoms. The summed E-state index contributed by atoms with van der Waals surface area (Å²) < 4.78 is 11.0. The Kier molecular flexibility index (Phi) is 5.27. The van der Waals surface area contributed by atoms with Gasteiger partial charge in [-0.05, 0) is 35.1 Å². The van der Waals surface area contributed by atoms with Gasteiger partial charge in [0.15, 0.2) is 0 Å². The molecule has 0 amide bonds. The summed E-state index contributed by atoms with van der Waals surface area (Å²) in [5, 5.41) is 14.3. The van der Waals surface area contributed by atoms with Gasteiger partial charge in [0.25, 0.3) is 0 Å². The number of esters is 1. The molecule has 37 heavy (non-hydrogen) atoms. The van der Waals surface area contributed by atoms with E-state index in [1.54, 1.807) is 18.2 Å². The van der Waals surface area contributed by atoms with E-state index >= 15 is 0 Å². The molecule has 0 atom stereocenters. The normalized spacial score (nSPS) is 14.9. The first-order valence-electron chi connectivity index (χ1n) is 11.5. The molecule has 178 valence electrons. The van der Waals surface area contributed by atoms with E-state index in [9.17, 15) is 19.5 Å². The van der Waals surface area contributed by atoms with Crippen LogP contribution in [0.5, 0.6) is 11.5 Å². The number of rotatable bonds is 3. The molecule has 0 saturated heterocycles. The fourth-order valence-electron chi connectivity index (χ4n) is 4.50. The van der Waals surface area contributed by atoms with E-state index in [-0.39, 0.29) is 22.6 Å². The maximum absolute atomic E-state index is 13.0. The Morgan fingerprint density at radius 1 is 0.703 bits per heavy atom. The molecule has 0 unspecified atom stereocenters. The number of ether oxygens (including phenoxy) is 1. The third-order valence-corrected chi connectivity index (χ3v) is 6.34. The zero-order valence-corrected chi connectivity index (χ0v) is 19.3. The van der Waals surface area contributed by atoms with Gasteiger partial charge in [-0.15, -0.1) is 0 Å². The monoisotopic (exact) mass is 486 g/mol. The van der Waals surface area contributed by atoms with Crippen LogP contribution in [0.3, 0.4) is 0 Å². The number of hydrogen-bond donors (Lipinski definition) is 1. The summed E-state index contributed by atoms with van der Waals surface area (Å²) in [6.07, 6.45) is 7.31. The van der Waals surface area contributed by atoms with Crippen LogP contribution in [0.2, 0.25) is 0 Å². The van der Waals surface area contributed by atoms with E-state index in [0.717, 1.165) is 16.2 Å². The summed E-state index contributed by atoms with van der Waals surface area (Å²) in [6.45, 7) is 0. The van der Waals surface area contributed by atoms with Crippen LogP contribution in [0.4, 0.5) is 0 Å². The second-order valence-electron chi connectivity index (χ2n) is 8.52. The van der Waals surface area contributed by atoms with Crippen molar-refractivity contribution in [2.75, 3.05) is 0 Å². The van der Waals surface area contributed by atoms with Gasteiger partial charge in [-0.25, -0.2) is 9.59 Å². The Labute approximate surface area is 210 Å². The Hall–Kier alpha value is -5.23. The summed E-state index contributed by atoms with van der Waals surface area (Å²) in [4.78, 5) is 38.1. The van der Waals surface area contributed by atoms with Gasteiger partial charge in [0.05, 0.1) is 10.9 Å². The SMILES string of the molecule is O=C1Oc2c(ccc3ccccc23)C(=O)C1=CC=CC=Cc1c(O)c2ccc3ccccc3c2oc1=O. The summed E-state index contributed by atoms with van der Waals surface area (Å²) >= 11 is 0. The maximum atomic E-state index is 13.0. The van der Waals surface area contributed by atoms with Crippen LogP contribution < -0.4 is 10.4 Å². The molecule has 0 radical (unpaired) electrons. The van der Waals surface area contributed by atoms with Gasteiger partial charge < -0.3 is 14.3 Å². The molecule has 6 rings (SSSR count). The van der Waals surface area contributed by atoms with E-state index in [0.29, 0.717) is 21.9 Å². The molecule has 0 fully saturated rings. The first-order valence-corrected chi connectivity index (χ1v) is 11.5. The Morgan fingerprint density at radius 3 is 2.22 bits per heavy atom. The third kappa shape index (κ3) is 3.72. The molecule has 5 aromatic rings. The number of aromatic hydroxyl groups is 1. The Bertz CT molecular complexity index is 1920. The minimum absolute atomic E-state index is 0.00552. The minimum atomic E-state index is -0.734. The van der Waals surface area contributed by atoms with Gasteiger partial charge in [0.2, 0.25) is 5.78 Å². The molecule has 0 spiro atoms. The lowest BCUT2D eigenvalue weighted by Crippen LogP contribution is -2.25. The molecule has 2 heterocycles. The topological polar surface area (TPSA) is 93.8 Å². The van der Waals surface area contributed by atoms with Crippen LogP contribution >= 0.6 is 0 Å². The molecule has 6 nitrogen and oxygen atoms in total. The van der Waals surface area contributed by atoms with Crippen molar-refractivity contribution in [2.45, 2.75) is 0 Å². The van der Waals surface area contributed by atoms with Gasteiger partial charge in [-0.1, -0.05) is 78.9 Å². The lowest BCUT2D eigenvalue weighted by Gasteiger charge is -2.18. The van der Waals surface area contributed by atoms with Crippen molar-refractivity contribution in [1.29, 1.82) is 0 Å². The molecule has 1 aliphatic rings. The summed E-state index contributed by atoms with van der Waals surface area (Å²) in [6, 6.07) is 21.8. The van der Waals surface area contributed by atoms with E-state index in [2.05, 4.69) is 0 Å². The van der Waals surface area contributed by atoms with Crippen LogP contribution in [0.15, 0.2) is 112 Å². The molecular formula is C31H18O6. The number of benzene rings is 4. The largest absolute Gasteiger partial charge is 0.506 e. The molecule has 0 aliphatic carbocycles. The van der Waals surface area contributed by atoms with Crippen LogP contribution in [-0.2, 0) is 4.79 Å². The minimum Gasteiger partial charge on any atom is -0.506 e. The van der Waals surface area contributed by atoms with E-state index in [4.69, 9.17) is 9.15 Å². The standard InChI is InChI=1S/C31H18O6/c32-26-22-16-14-18-8-4-6-10-20(18)28(22)36-30(34)24(26)12-2-1-3-13-25-27(33)23-17-15-19-9-5-7-11-21(19)29(23)37-31(25)35/h1-17,32H. The van der Waals surface area contributed by atoms with Gasteiger partial charge in [0, 0.05) is 10.8 Å². The molecular weight excluding hydrogens is 468 g/mol. The molecule has 4 aromatic carbocycles. The number of hydrogen-bond acceptors (Lipinski definition) is 6. The van der Waals surface area contributed by atoms with Crippen molar-refractivity contribution in [2.24, 2.45) is 0 Å². The van der Waals surface area contributed by atoms with Gasteiger partial charge in [-0.3, -0.25) is 4.79 Å². The number of allylic oxidation sites excluding steroid dienone is 4. The second kappa shape index (κ2) is 8.77. The van der Waals surface area contributed by atoms with Gasteiger partial charge >= 0.3 is 11.6 Å². The number of carbonyl (C=O) groups is 2. The zero-order chi connectivity index (χ0) is 25.5. The third-order valence-electron chi connectivity index (χ3n) is 6.34. The van der Waals surface area contributed by atoms with Crippen molar-refractivity contribution in [3.63, 3.8) is 0 Å². The highest BCUT2D eigenvalue weighted by Gasteiger charge is 2.31. The summed E-state index contributed by atoms with van der Waals surface area (Å²) in [5.41, 5.74) is -0.152. The average Bonchev–Trinajstić information content (AvgIpc) is 2.91.